The second-order valence-electron chi connectivity index (χ2n) is 7.04. The van der Waals surface area contributed by atoms with Crippen LogP contribution >= 0.6 is 11.3 Å². The van der Waals surface area contributed by atoms with Crippen molar-refractivity contribution in [3.8, 4) is 6.07 Å². The van der Waals surface area contributed by atoms with Gasteiger partial charge in [0.1, 0.15) is 23.2 Å². The fourth-order valence-electron chi connectivity index (χ4n) is 3.82. The SMILES string of the molecule is CCc1nn(CC(=O)Nc2sc3c(c2C(=O)OC)CCCC3)c(=O)c(C#N)c1CC. The number of aromatic nitrogens is 2. The fraction of sp³-hybridized carbons (Fsp3) is 0.476. The number of nitrogens with one attached hydrogen (secondary N) is 1. The number of thiophene rings is 1. The van der Waals surface area contributed by atoms with Crippen molar-refractivity contribution in [3.63, 3.8) is 0 Å². The summed E-state index contributed by atoms with van der Waals surface area (Å²) in [6.07, 6.45) is 4.73. The average molecular weight is 429 g/mol. The van der Waals surface area contributed by atoms with Gasteiger partial charge < -0.3 is 10.1 Å². The minimum Gasteiger partial charge on any atom is -0.465 e. The maximum atomic E-state index is 12.7. The normalized spacial score (nSPS) is 12.7. The number of hydrogen-bond acceptors (Lipinski definition) is 7. The molecule has 0 spiro atoms. The van der Waals surface area contributed by atoms with Crippen LogP contribution in [0.25, 0.3) is 0 Å². The van der Waals surface area contributed by atoms with Crippen LogP contribution in [0.15, 0.2) is 4.79 Å². The van der Waals surface area contributed by atoms with Crippen molar-refractivity contribution in [3.05, 3.63) is 43.2 Å². The summed E-state index contributed by atoms with van der Waals surface area (Å²) in [5.74, 6) is -0.962. The molecule has 1 aliphatic rings. The number of anilines is 1. The summed E-state index contributed by atoms with van der Waals surface area (Å²) in [5.41, 5.74) is 2.04. The van der Waals surface area contributed by atoms with E-state index < -0.39 is 17.4 Å². The molecule has 8 nitrogen and oxygen atoms in total. The molecule has 158 valence electrons. The van der Waals surface area contributed by atoms with Gasteiger partial charge in [-0.1, -0.05) is 13.8 Å². The standard InChI is InChI=1S/C21H24N4O4S/c1-4-12-14(10-22)20(27)25(24-15(12)5-2)11-17(26)23-19-18(21(28)29-3)13-8-6-7-9-16(13)30-19/h4-9,11H2,1-3H3,(H,23,26). The first-order valence-electron chi connectivity index (χ1n) is 10.0. The lowest BCUT2D eigenvalue weighted by atomic mass is 9.95. The van der Waals surface area contributed by atoms with Crippen molar-refractivity contribution in [2.75, 3.05) is 12.4 Å². The molecule has 0 atom stereocenters. The van der Waals surface area contributed by atoms with Crippen LogP contribution in [-0.2, 0) is 41.8 Å². The van der Waals surface area contributed by atoms with E-state index >= 15 is 0 Å². The lowest BCUT2D eigenvalue weighted by molar-refractivity contribution is -0.117. The first kappa shape index (κ1) is 21.7. The highest BCUT2D eigenvalue weighted by Crippen LogP contribution is 2.38. The zero-order chi connectivity index (χ0) is 21.8. The average Bonchev–Trinajstić information content (AvgIpc) is 3.11. The molecule has 1 aliphatic carbocycles. The Hall–Kier alpha value is -2.99. The minimum absolute atomic E-state index is 0.0268. The number of ether oxygens (including phenoxy) is 1. The van der Waals surface area contributed by atoms with Gasteiger partial charge in [-0.2, -0.15) is 10.4 Å². The summed E-state index contributed by atoms with van der Waals surface area (Å²) in [7, 11) is 1.31. The molecule has 2 aromatic rings. The number of aryl methyl sites for hydroxylation is 2. The monoisotopic (exact) mass is 428 g/mol. The van der Waals surface area contributed by atoms with Crippen molar-refractivity contribution in [1.29, 1.82) is 5.26 Å². The van der Waals surface area contributed by atoms with E-state index in [0.717, 1.165) is 40.8 Å². The second-order valence-corrected chi connectivity index (χ2v) is 8.14. The van der Waals surface area contributed by atoms with Gasteiger partial charge in [0.25, 0.3) is 5.56 Å². The maximum absolute atomic E-state index is 12.7. The number of nitrogens with zero attached hydrogens (tertiary/aromatic N) is 3. The fourth-order valence-corrected chi connectivity index (χ4v) is 5.11. The van der Waals surface area contributed by atoms with Crippen LogP contribution in [0.3, 0.4) is 0 Å². The molecule has 9 heteroatoms. The molecule has 1 N–H and O–H groups in total. The zero-order valence-electron chi connectivity index (χ0n) is 17.3. The molecule has 0 aromatic carbocycles. The van der Waals surface area contributed by atoms with Gasteiger partial charge in [0, 0.05) is 4.88 Å². The Bertz CT molecular complexity index is 1090. The Kier molecular flexibility index (Phi) is 6.67. The summed E-state index contributed by atoms with van der Waals surface area (Å²) in [4.78, 5) is 38.8. The van der Waals surface area contributed by atoms with Crippen LogP contribution in [-0.4, -0.2) is 28.8 Å². The van der Waals surface area contributed by atoms with Gasteiger partial charge >= 0.3 is 5.97 Å². The van der Waals surface area contributed by atoms with Gasteiger partial charge in [-0.05, 0) is 49.7 Å². The highest BCUT2D eigenvalue weighted by molar-refractivity contribution is 7.17. The van der Waals surface area contributed by atoms with E-state index in [0.29, 0.717) is 34.7 Å². The Morgan fingerprint density at radius 3 is 2.63 bits per heavy atom. The number of carbonyl (C=O) groups excluding carboxylic acids is 2. The first-order chi connectivity index (χ1) is 14.4. The number of methoxy groups -OCH3 is 1. The maximum Gasteiger partial charge on any atom is 0.341 e. The van der Waals surface area contributed by atoms with Gasteiger partial charge in [0.2, 0.25) is 5.91 Å². The van der Waals surface area contributed by atoms with Gasteiger partial charge in [-0.3, -0.25) is 9.59 Å². The molecular formula is C21H24N4O4S. The van der Waals surface area contributed by atoms with Crippen molar-refractivity contribution in [2.45, 2.75) is 58.9 Å². The van der Waals surface area contributed by atoms with E-state index in [9.17, 15) is 19.6 Å². The zero-order valence-corrected chi connectivity index (χ0v) is 18.1. The highest BCUT2D eigenvalue weighted by atomic mass is 32.1. The molecule has 2 heterocycles. The largest absolute Gasteiger partial charge is 0.465 e. The molecule has 0 saturated heterocycles. The predicted molar refractivity (Wildman–Crippen MR) is 113 cm³/mol. The quantitative estimate of drug-likeness (QED) is 0.708. The van der Waals surface area contributed by atoms with E-state index in [1.807, 2.05) is 19.9 Å². The van der Waals surface area contributed by atoms with Crippen molar-refractivity contribution in [1.82, 2.24) is 9.78 Å². The molecule has 0 radical (unpaired) electrons. The molecule has 3 rings (SSSR count). The Balaban J connectivity index is 1.92. The number of rotatable bonds is 6. The lowest BCUT2D eigenvalue weighted by Gasteiger charge is -2.12. The molecule has 0 unspecified atom stereocenters. The molecule has 0 saturated carbocycles. The van der Waals surface area contributed by atoms with Crippen LogP contribution in [0.2, 0.25) is 0 Å². The van der Waals surface area contributed by atoms with Crippen LogP contribution < -0.4 is 10.9 Å². The van der Waals surface area contributed by atoms with Crippen LogP contribution in [0, 0.1) is 11.3 Å². The molecule has 30 heavy (non-hydrogen) atoms. The van der Waals surface area contributed by atoms with Gasteiger partial charge in [-0.15, -0.1) is 11.3 Å². The third-order valence-corrected chi connectivity index (χ3v) is 6.45. The van der Waals surface area contributed by atoms with E-state index in [1.165, 1.54) is 18.4 Å². The predicted octanol–water partition coefficient (Wildman–Crippen LogP) is 2.61. The third kappa shape index (κ3) is 4.00. The van der Waals surface area contributed by atoms with Crippen LogP contribution in [0.5, 0.6) is 0 Å². The van der Waals surface area contributed by atoms with Crippen molar-refractivity contribution in [2.24, 2.45) is 0 Å². The Morgan fingerprint density at radius 1 is 1.27 bits per heavy atom. The molecule has 0 aliphatic heterocycles. The second kappa shape index (κ2) is 9.22. The number of nitriles is 1. The van der Waals surface area contributed by atoms with E-state index in [4.69, 9.17) is 4.74 Å². The van der Waals surface area contributed by atoms with Crippen LogP contribution in [0.1, 0.15) is 64.3 Å². The summed E-state index contributed by atoms with van der Waals surface area (Å²) >= 11 is 1.38. The smallest absolute Gasteiger partial charge is 0.341 e. The van der Waals surface area contributed by atoms with Crippen molar-refractivity contribution >= 4 is 28.2 Å². The van der Waals surface area contributed by atoms with E-state index in [1.54, 1.807) is 0 Å². The summed E-state index contributed by atoms with van der Waals surface area (Å²) < 4.78 is 5.94. The highest BCUT2D eigenvalue weighted by Gasteiger charge is 2.27. The molecule has 1 amide bonds. The summed E-state index contributed by atoms with van der Waals surface area (Å²) in [5, 5.41) is 16.9. The molecule has 0 fully saturated rings. The molecular weight excluding hydrogens is 404 g/mol. The van der Waals surface area contributed by atoms with Crippen LogP contribution in [0.4, 0.5) is 5.00 Å². The first-order valence-corrected chi connectivity index (χ1v) is 10.8. The van der Waals surface area contributed by atoms with Gasteiger partial charge in [0.15, 0.2) is 0 Å². The van der Waals surface area contributed by atoms with Gasteiger partial charge in [0.05, 0.1) is 18.4 Å². The Labute approximate surface area is 178 Å². The van der Waals surface area contributed by atoms with Gasteiger partial charge in [-0.25, -0.2) is 9.48 Å². The van der Waals surface area contributed by atoms with Crippen molar-refractivity contribution < 1.29 is 14.3 Å². The number of hydrogen-bond donors (Lipinski definition) is 1. The Morgan fingerprint density at radius 2 is 2.00 bits per heavy atom. The molecule has 0 bridgehead atoms. The number of carbonyl (C=O) groups is 2. The number of esters is 1. The topological polar surface area (TPSA) is 114 Å². The molecule has 2 aromatic heterocycles. The summed E-state index contributed by atoms with van der Waals surface area (Å²) in [6.45, 7) is 3.41. The van der Waals surface area contributed by atoms with E-state index in [-0.39, 0.29) is 12.1 Å². The number of amides is 1. The number of fused-ring (bicyclic) bond motifs is 1. The third-order valence-electron chi connectivity index (χ3n) is 5.25. The van der Waals surface area contributed by atoms with E-state index in [2.05, 4.69) is 10.4 Å². The lowest BCUT2D eigenvalue weighted by Crippen LogP contribution is -2.33. The minimum atomic E-state index is -0.583. The summed E-state index contributed by atoms with van der Waals surface area (Å²) in [6, 6.07) is 1.95.